The van der Waals surface area contributed by atoms with Crippen LogP contribution in [0.15, 0.2) is 10.7 Å². The third-order valence-corrected chi connectivity index (χ3v) is 10.1. The van der Waals surface area contributed by atoms with Crippen LogP contribution in [-0.4, -0.2) is 44.1 Å². The van der Waals surface area contributed by atoms with Crippen LogP contribution in [0.25, 0.3) is 0 Å². The zero-order valence-electron chi connectivity index (χ0n) is 21.1. The summed E-state index contributed by atoms with van der Waals surface area (Å²) in [5.74, 6) is 0.515. The SMILES string of the molecule is CCCCCCOP(=O)(OCCCCCC)C1=CSCC1=[P+]([O-])OCCCCCCOCC. The fourth-order valence-corrected chi connectivity index (χ4v) is 8.42. The van der Waals surface area contributed by atoms with Crippen molar-refractivity contribution in [1.82, 2.24) is 0 Å². The lowest BCUT2D eigenvalue weighted by molar-refractivity contribution is -0.172. The van der Waals surface area contributed by atoms with E-state index >= 15 is 0 Å². The molecule has 1 rings (SSSR count). The molecule has 0 aliphatic carbocycles. The summed E-state index contributed by atoms with van der Waals surface area (Å²) in [5, 5.41) is 2.85. The molecule has 33 heavy (non-hydrogen) atoms. The van der Waals surface area contributed by atoms with E-state index in [4.69, 9.17) is 18.3 Å². The number of allylic oxidation sites excluding steroid dienone is 1. The fourth-order valence-electron chi connectivity index (χ4n) is 3.34. The summed E-state index contributed by atoms with van der Waals surface area (Å²) in [4.78, 5) is 12.9. The number of rotatable bonds is 22. The van der Waals surface area contributed by atoms with Gasteiger partial charge in [-0.2, -0.15) is 4.52 Å². The van der Waals surface area contributed by atoms with Crippen molar-refractivity contribution in [3.63, 3.8) is 0 Å². The summed E-state index contributed by atoms with van der Waals surface area (Å²) in [7, 11) is -5.55. The van der Waals surface area contributed by atoms with Gasteiger partial charge in [0, 0.05) is 13.2 Å². The molecule has 194 valence electrons. The van der Waals surface area contributed by atoms with Crippen LogP contribution in [0.5, 0.6) is 0 Å². The van der Waals surface area contributed by atoms with Gasteiger partial charge in [0.25, 0.3) is 0 Å². The average Bonchev–Trinajstić information content (AvgIpc) is 3.31. The maximum atomic E-state index is 13.8. The molecular formula is C24H46O6P2S. The second kappa shape index (κ2) is 20.5. The highest BCUT2D eigenvalue weighted by atomic mass is 32.2. The molecule has 0 aromatic carbocycles. The predicted molar refractivity (Wildman–Crippen MR) is 141 cm³/mol. The summed E-state index contributed by atoms with van der Waals surface area (Å²) in [6, 6.07) is 0. The first-order valence-electron chi connectivity index (χ1n) is 12.8. The van der Waals surface area contributed by atoms with E-state index < -0.39 is 15.6 Å². The Balaban J connectivity index is 2.64. The molecule has 1 heterocycles. The molecule has 0 saturated heterocycles. The first-order chi connectivity index (χ1) is 16.1. The minimum atomic E-state index is -3.51. The molecule has 0 spiro atoms. The van der Waals surface area contributed by atoms with E-state index in [9.17, 15) is 9.46 Å². The van der Waals surface area contributed by atoms with Gasteiger partial charge in [-0.15, -0.1) is 11.8 Å². The van der Waals surface area contributed by atoms with Gasteiger partial charge < -0.3 is 18.7 Å². The van der Waals surface area contributed by atoms with E-state index in [0.29, 0.717) is 36.2 Å². The van der Waals surface area contributed by atoms with Gasteiger partial charge in [0.1, 0.15) is 5.31 Å². The van der Waals surface area contributed by atoms with Crippen molar-refractivity contribution in [3.05, 3.63) is 10.7 Å². The summed E-state index contributed by atoms with van der Waals surface area (Å²) < 4.78 is 36.5. The van der Waals surface area contributed by atoms with Crippen molar-refractivity contribution in [3.8, 4) is 0 Å². The monoisotopic (exact) mass is 524 g/mol. The highest BCUT2D eigenvalue weighted by Gasteiger charge is 2.40. The van der Waals surface area contributed by atoms with Crippen LogP contribution < -0.4 is 4.89 Å². The molecule has 6 nitrogen and oxygen atoms in total. The van der Waals surface area contributed by atoms with Crippen molar-refractivity contribution >= 4 is 32.7 Å². The Morgan fingerprint density at radius 1 is 0.848 bits per heavy atom. The molecule has 1 atom stereocenters. The molecular weight excluding hydrogens is 478 g/mol. The topological polar surface area (TPSA) is 77.1 Å². The third kappa shape index (κ3) is 13.8. The lowest BCUT2D eigenvalue weighted by Crippen LogP contribution is -2.12. The van der Waals surface area contributed by atoms with E-state index in [1.54, 1.807) is 5.41 Å². The number of hydrogen-bond acceptors (Lipinski definition) is 7. The van der Waals surface area contributed by atoms with Crippen LogP contribution in [0.4, 0.5) is 0 Å². The number of hydrogen-bond donors (Lipinski definition) is 0. The van der Waals surface area contributed by atoms with Crippen molar-refractivity contribution in [1.29, 1.82) is 0 Å². The average molecular weight is 525 g/mol. The van der Waals surface area contributed by atoms with E-state index in [2.05, 4.69) is 13.8 Å². The minimum Gasteiger partial charge on any atom is -0.603 e. The van der Waals surface area contributed by atoms with Crippen molar-refractivity contribution in [2.75, 3.05) is 38.8 Å². The minimum absolute atomic E-state index is 0.390. The molecule has 0 amide bonds. The van der Waals surface area contributed by atoms with Gasteiger partial charge in [-0.25, -0.2) is 0 Å². The summed E-state index contributed by atoms with van der Waals surface area (Å²) in [6.45, 7) is 9.08. The van der Waals surface area contributed by atoms with Crippen LogP contribution in [0.2, 0.25) is 0 Å². The molecule has 0 N–H and O–H groups in total. The maximum absolute atomic E-state index is 13.8. The Morgan fingerprint density at radius 3 is 1.97 bits per heavy atom. The zero-order valence-corrected chi connectivity index (χ0v) is 23.7. The van der Waals surface area contributed by atoms with Crippen LogP contribution in [-0.2, 0) is 22.9 Å². The highest BCUT2D eigenvalue weighted by Crippen LogP contribution is 2.60. The molecule has 9 heteroatoms. The summed E-state index contributed by atoms with van der Waals surface area (Å²) >= 11 is 1.49. The molecule has 0 aromatic rings. The van der Waals surface area contributed by atoms with Gasteiger partial charge >= 0.3 is 7.60 Å². The van der Waals surface area contributed by atoms with Gasteiger partial charge in [-0.3, -0.25) is 4.57 Å². The van der Waals surface area contributed by atoms with Crippen LogP contribution >= 0.6 is 27.4 Å². The lowest BCUT2D eigenvalue weighted by Gasteiger charge is -2.19. The van der Waals surface area contributed by atoms with Crippen LogP contribution in [0.3, 0.4) is 0 Å². The Labute approximate surface area is 207 Å². The van der Waals surface area contributed by atoms with E-state index in [1.165, 1.54) is 11.8 Å². The Hall–Kier alpha value is 0.290. The molecule has 1 aliphatic rings. The van der Waals surface area contributed by atoms with E-state index in [0.717, 1.165) is 90.3 Å². The normalized spacial score (nSPS) is 15.8. The van der Waals surface area contributed by atoms with Gasteiger partial charge in [0.15, 0.2) is 5.29 Å². The summed E-state index contributed by atoms with van der Waals surface area (Å²) in [5.41, 5.74) is 0. The molecule has 0 fully saturated rings. The van der Waals surface area contributed by atoms with Crippen molar-refractivity contribution in [2.24, 2.45) is 0 Å². The van der Waals surface area contributed by atoms with Gasteiger partial charge in [0.05, 0.1) is 25.6 Å². The lowest BCUT2D eigenvalue weighted by atomic mass is 10.2. The number of ether oxygens (including phenoxy) is 1. The molecule has 1 aliphatic heterocycles. The largest absolute Gasteiger partial charge is 0.603 e. The van der Waals surface area contributed by atoms with Gasteiger partial charge in [0.2, 0.25) is 8.00 Å². The third-order valence-electron chi connectivity index (χ3n) is 5.34. The van der Waals surface area contributed by atoms with Gasteiger partial charge in [-0.1, -0.05) is 65.2 Å². The zero-order chi connectivity index (χ0) is 24.2. The Bertz CT molecular complexity index is 594. The fraction of sp³-hybridized carbons (Fsp3) is 0.875. The summed E-state index contributed by atoms with van der Waals surface area (Å²) in [6.07, 6.45) is 12.3. The van der Waals surface area contributed by atoms with E-state index in [-0.39, 0.29) is 0 Å². The van der Waals surface area contributed by atoms with E-state index in [1.807, 2.05) is 6.92 Å². The van der Waals surface area contributed by atoms with Crippen molar-refractivity contribution in [2.45, 2.75) is 97.8 Å². The van der Waals surface area contributed by atoms with Crippen LogP contribution in [0, 0.1) is 0 Å². The first kappa shape index (κ1) is 31.3. The molecule has 1 unspecified atom stereocenters. The Kier molecular flexibility index (Phi) is 19.4. The Morgan fingerprint density at radius 2 is 1.39 bits per heavy atom. The second-order valence-electron chi connectivity index (χ2n) is 8.25. The molecule has 0 bridgehead atoms. The van der Waals surface area contributed by atoms with Gasteiger partial charge in [-0.05, 0) is 38.0 Å². The quantitative estimate of drug-likeness (QED) is 0.108. The second-order valence-corrected chi connectivity index (χ2v) is 12.4. The van der Waals surface area contributed by atoms with Crippen LogP contribution in [0.1, 0.15) is 97.8 Å². The smallest absolute Gasteiger partial charge is 0.366 e. The first-order valence-corrected chi connectivity index (χ1v) is 16.6. The number of unbranched alkanes of at least 4 members (excludes halogenated alkanes) is 9. The number of thioether (sulfide) groups is 1. The molecule has 0 aromatic heterocycles. The molecule has 0 radical (unpaired) electrons. The highest BCUT2D eigenvalue weighted by molar-refractivity contribution is 8.04. The van der Waals surface area contributed by atoms with Crippen molar-refractivity contribution < 1.29 is 27.8 Å². The standard InChI is InChI=1S/C24H46O6P2S/c1-4-7-9-15-19-29-32(26,30-20-16-10-8-5-2)24-22-33-21-23(24)31(25)28-18-14-12-11-13-17-27-6-3/h22H,4-21H2,1-3H3. The maximum Gasteiger partial charge on any atom is 0.366 e. The molecule has 0 saturated carbocycles. The predicted octanol–water partition coefficient (Wildman–Crippen LogP) is 7.42.